The molecular weight excluding hydrogens is 302 g/mol. The van der Waals surface area contributed by atoms with E-state index in [0.717, 1.165) is 16.2 Å². The number of aliphatic hydroxyl groups is 1. The second-order valence-corrected chi connectivity index (χ2v) is 6.82. The van der Waals surface area contributed by atoms with Gasteiger partial charge in [-0.2, -0.15) is 0 Å². The van der Waals surface area contributed by atoms with Crippen LogP contribution in [0, 0.1) is 6.92 Å². The van der Waals surface area contributed by atoms with Crippen molar-refractivity contribution in [1.82, 2.24) is 5.32 Å². The average Bonchev–Trinajstić information content (AvgIpc) is 2.92. The van der Waals surface area contributed by atoms with E-state index in [4.69, 9.17) is 0 Å². The predicted octanol–water partition coefficient (Wildman–Crippen LogP) is 3.39. The van der Waals surface area contributed by atoms with Gasteiger partial charge in [-0.3, -0.25) is 4.79 Å². The lowest BCUT2D eigenvalue weighted by Crippen LogP contribution is -2.28. The standard InChI is InChI=1S/C16H19NO2S2/c1-12-7-9-21-16(12)14(18)11-17-15(19)8-10-20-13-5-3-2-4-6-13/h2-7,9,14,18H,8,10-11H2,1H3,(H,17,19). The zero-order chi connectivity index (χ0) is 15.1. The molecule has 1 aromatic carbocycles. The molecule has 1 aromatic heterocycles. The Morgan fingerprint density at radius 3 is 2.76 bits per heavy atom. The molecular formula is C16H19NO2S2. The van der Waals surface area contributed by atoms with Gasteiger partial charge in [0.15, 0.2) is 0 Å². The number of hydrogen-bond acceptors (Lipinski definition) is 4. The van der Waals surface area contributed by atoms with E-state index in [-0.39, 0.29) is 12.5 Å². The molecule has 112 valence electrons. The smallest absolute Gasteiger partial charge is 0.220 e. The quantitative estimate of drug-likeness (QED) is 0.769. The average molecular weight is 321 g/mol. The van der Waals surface area contributed by atoms with E-state index in [2.05, 4.69) is 5.32 Å². The lowest BCUT2D eigenvalue weighted by atomic mass is 10.2. The van der Waals surface area contributed by atoms with Gasteiger partial charge in [-0.1, -0.05) is 18.2 Å². The number of aryl methyl sites for hydroxylation is 1. The van der Waals surface area contributed by atoms with E-state index in [1.54, 1.807) is 11.8 Å². The highest BCUT2D eigenvalue weighted by atomic mass is 32.2. The van der Waals surface area contributed by atoms with Gasteiger partial charge in [0.1, 0.15) is 6.10 Å². The highest BCUT2D eigenvalue weighted by Crippen LogP contribution is 2.23. The minimum Gasteiger partial charge on any atom is -0.386 e. The van der Waals surface area contributed by atoms with Crippen molar-refractivity contribution < 1.29 is 9.90 Å². The Hall–Kier alpha value is -1.30. The first-order valence-corrected chi connectivity index (χ1v) is 8.70. The lowest BCUT2D eigenvalue weighted by molar-refractivity contribution is -0.121. The van der Waals surface area contributed by atoms with E-state index >= 15 is 0 Å². The largest absolute Gasteiger partial charge is 0.386 e. The van der Waals surface area contributed by atoms with Gasteiger partial charge < -0.3 is 10.4 Å². The van der Waals surface area contributed by atoms with Crippen LogP contribution in [-0.2, 0) is 4.79 Å². The fourth-order valence-electron chi connectivity index (χ4n) is 1.90. The number of aliphatic hydroxyl groups excluding tert-OH is 1. The number of nitrogens with one attached hydrogen (secondary N) is 1. The summed E-state index contributed by atoms with van der Waals surface area (Å²) in [4.78, 5) is 13.9. The van der Waals surface area contributed by atoms with Crippen LogP contribution in [0.2, 0.25) is 0 Å². The molecule has 1 heterocycles. The summed E-state index contributed by atoms with van der Waals surface area (Å²) in [6, 6.07) is 12.0. The maximum absolute atomic E-state index is 11.8. The molecule has 1 atom stereocenters. The van der Waals surface area contributed by atoms with Gasteiger partial charge >= 0.3 is 0 Å². The summed E-state index contributed by atoms with van der Waals surface area (Å²) >= 11 is 3.18. The normalized spacial score (nSPS) is 12.1. The third-order valence-electron chi connectivity index (χ3n) is 3.04. The second kappa shape index (κ2) is 8.22. The molecule has 1 unspecified atom stereocenters. The van der Waals surface area contributed by atoms with Gasteiger partial charge in [0, 0.05) is 28.5 Å². The number of benzene rings is 1. The number of rotatable bonds is 7. The molecule has 2 N–H and O–H groups in total. The van der Waals surface area contributed by atoms with E-state index in [0.29, 0.717) is 6.42 Å². The third kappa shape index (κ3) is 5.19. The number of amides is 1. The minimum absolute atomic E-state index is 0.0216. The van der Waals surface area contributed by atoms with Crippen LogP contribution in [0.4, 0.5) is 0 Å². The molecule has 3 nitrogen and oxygen atoms in total. The van der Waals surface area contributed by atoms with Crippen LogP contribution < -0.4 is 5.32 Å². The van der Waals surface area contributed by atoms with Crippen molar-refractivity contribution in [2.24, 2.45) is 0 Å². The summed E-state index contributed by atoms with van der Waals surface area (Å²) in [5.74, 6) is 0.718. The second-order valence-electron chi connectivity index (χ2n) is 4.70. The molecule has 0 fully saturated rings. The Kier molecular flexibility index (Phi) is 6.29. The van der Waals surface area contributed by atoms with Crippen molar-refractivity contribution in [3.8, 4) is 0 Å². The zero-order valence-electron chi connectivity index (χ0n) is 11.9. The van der Waals surface area contributed by atoms with Crippen LogP contribution in [0.3, 0.4) is 0 Å². The van der Waals surface area contributed by atoms with Gasteiger partial charge in [0.2, 0.25) is 5.91 Å². The number of carbonyl (C=O) groups is 1. The van der Waals surface area contributed by atoms with E-state index in [1.165, 1.54) is 16.2 Å². The molecule has 0 saturated carbocycles. The van der Waals surface area contributed by atoms with Gasteiger partial charge in [0.25, 0.3) is 0 Å². The van der Waals surface area contributed by atoms with E-state index in [9.17, 15) is 9.90 Å². The zero-order valence-corrected chi connectivity index (χ0v) is 13.5. The topological polar surface area (TPSA) is 49.3 Å². The minimum atomic E-state index is -0.615. The summed E-state index contributed by atoms with van der Waals surface area (Å²) in [6.07, 6.45) is -0.161. The monoisotopic (exact) mass is 321 g/mol. The number of thioether (sulfide) groups is 1. The Bertz CT molecular complexity index is 569. The Balaban J connectivity index is 1.67. The molecule has 0 aliphatic rings. The van der Waals surface area contributed by atoms with Crippen LogP contribution in [0.5, 0.6) is 0 Å². The molecule has 21 heavy (non-hydrogen) atoms. The number of carbonyl (C=O) groups excluding carboxylic acids is 1. The van der Waals surface area contributed by atoms with Crippen molar-refractivity contribution in [2.75, 3.05) is 12.3 Å². The van der Waals surface area contributed by atoms with E-state index < -0.39 is 6.10 Å². The molecule has 0 aliphatic heterocycles. The molecule has 2 aromatic rings. The first-order chi connectivity index (χ1) is 10.2. The third-order valence-corrected chi connectivity index (χ3v) is 5.17. The summed E-state index contributed by atoms with van der Waals surface area (Å²) < 4.78 is 0. The maximum Gasteiger partial charge on any atom is 0.220 e. The number of thiophene rings is 1. The van der Waals surface area contributed by atoms with Crippen molar-refractivity contribution in [1.29, 1.82) is 0 Å². The Labute approximate surface area is 133 Å². The van der Waals surface area contributed by atoms with E-state index in [1.807, 2.05) is 48.7 Å². The van der Waals surface area contributed by atoms with Gasteiger partial charge in [-0.25, -0.2) is 0 Å². The summed E-state index contributed by atoms with van der Waals surface area (Å²) in [5, 5.41) is 14.8. The Morgan fingerprint density at radius 1 is 1.33 bits per heavy atom. The van der Waals surface area contributed by atoms with Crippen LogP contribution in [0.25, 0.3) is 0 Å². The molecule has 0 saturated heterocycles. The molecule has 0 spiro atoms. The van der Waals surface area contributed by atoms with Crippen LogP contribution in [0.1, 0.15) is 23.0 Å². The highest BCUT2D eigenvalue weighted by molar-refractivity contribution is 7.99. The molecule has 5 heteroatoms. The van der Waals surface area contributed by atoms with Crippen LogP contribution in [-0.4, -0.2) is 23.3 Å². The van der Waals surface area contributed by atoms with Crippen molar-refractivity contribution in [2.45, 2.75) is 24.3 Å². The van der Waals surface area contributed by atoms with Gasteiger partial charge in [-0.15, -0.1) is 23.1 Å². The highest BCUT2D eigenvalue weighted by Gasteiger charge is 2.12. The molecule has 0 radical (unpaired) electrons. The molecule has 2 rings (SSSR count). The summed E-state index contributed by atoms with van der Waals surface area (Å²) in [5.41, 5.74) is 1.07. The van der Waals surface area contributed by atoms with Crippen molar-refractivity contribution in [3.63, 3.8) is 0 Å². The van der Waals surface area contributed by atoms with Crippen LogP contribution >= 0.6 is 23.1 Å². The molecule has 1 amide bonds. The van der Waals surface area contributed by atoms with Gasteiger partial charge in [0.05, 0.1) is 0 Å². The first-order valence-electron chi connectivity index (χ1n) is 6.83. The molecule has 0 aliphatic carbocycles. The molecule has 0 bridgehead atoms. The summed E-state index contributed by atoms with van der Waals surface area (Å²) in [7, 11) is 0. The van der Waals surface area contributed by atoms with Crippen LogP contribution in [0.15, 0.2) is 46.7 Å². The Morgan fingerprint density at radius 2 is 2.10 bits per heavy atom. The fraction of sp³-hybridized carbons (Fsp3) is 0.312. The van der Waals surface area contributed by atoms with Gasteiger partial charge in [-0.05, 0) is 36.1 Å². The fourth-order valence-corrected chi connectivity index (χ4v) is 3.68. The lowest BCUT2D eigenvalue weighted by Gasteiger charge is -2.11. The maximum atomic E-state index is 11.8. The van der Waals surface area contributed by atoms with Crippen molar-refractivity contribution in [3.05, 3.63) is 52.2 Å². The van der Waals surface area contributed by atoms with Crippen molar-refractivity contribution >= 4 is 29.0 Å². The SMILES string of the molecule is Cc1ccsc1C(O)CNC(=O)CCSc1ccccc1. The number of hydrogen-bond donors (Lipinski definition) is 2. The summed E-state index contributed by atoms with van der Waals surface area (Å²) in [6.45, 7) is 2.24. The predicted molar refractivity (Wildman–Crippen MR) is 88.8 cm³/mol. The first kappa shape index (κ1) is 16.1.